The molecule has 2 aromatic rings. The maximum atomic E-state index is 12.3. The molecule has 3 nitrogen and oxygen atoms in total. The van der Waals surface area contributed by atoms with Gasteiger partial charge >= 0.3 is 12.2 Å². The second-order valence-corrected chi connectivity index (χ2v) is 3.93. The van der Waals surface area contributed by atoms with Crippen LogP contribution in [0.2, 0.25) is 5.15 Å². The summed E-state index contributed by atoms with van der Waals surface area (Å²) in [6.07, 6.45) is -2.97. The van der Waals surface area contributed by atoms with Crippen molar-refractivity contribution in [2.24, 2.45) is 7.05 Å². The fourth-order valence-electron chi connectivity index (χ4n) is 1.29. The first-order valence-electron chi connectivity index (χ1n) is 4.90. The van der Waals surface area contributed by atoms with Crippen LogP contribution in [0.15, 0.2) is 30.5 Å². The summed E-state index contributed by atoms with van der Waals surface area (Å²) in [7, 11) is 1.63. The van der Waals surface area contributed by atoms with Crippen molar-refractivity contribution in [3.63, 3.8) is 0 Å². The number of ether oxygens (including phenoxy) is 1. The second kappa shape index (κ2) is 4.53. The molecular weight excluding hydrogens is 269 g/mol. The summed E-state index contributed by atoms with van der Waals surface area (Å²) >= 11 is 5.75. The number of imidazole rings is 1. The molecule has 0 aliphatic rings. The summed E-state index contributed by atoms with van der Waals surface area (Å²) in [6.45, 7) is 0. The summed E-state index contributed by atoms with van der Waals surface area (Å²) in [5.41, 5.74) is -0.729. The summed E-state index contributed by atoms with van der Waals surface area (Å²) in [4.78, 5) is 3.87. The van der Waals surface area contributed by atoms with Crippen LogP contribution in [0.5, 0.6) is 11.8 Å². The van der Waals surface area contributed by atoms with Gasteiger partial charge < -0.3 is 4.74 Å². The first-order valence-corrected chi connectivity index (χ1v) is 5.28. The molecule has 0 N–H and O–H groups in total. The van der Waals surface area contributed by atoms with E-state index >= 15 is 0 Å². The van der Waals surface area contributed by atoms with Gasteiger partial charge in [-0.05, 0) is 24.3 Å². The highest BCUT2D eigenvalue weighted by atomic mass is 35.5. The Morgan fingerprint density at radius 3 is 2.28 bits per heavy atom. The summed E-state index contributed by atoms with van der Waals surface area (Å²) in [5, 5.41) is 0.372. The number of nitrogens with zero attached hydrogens (tertiary/aromatic N) is 2. The van der Waals surface area contributed by atoms with E-state index in [1.54, 1.807) is 7.05 Å². The van der Waals surface area contributed by atoms with Crippen molar-refractivity contribution in [3.05, 3.63) is 41.2 Å². The third-order valence-corrected chi connectivity index (χ3v) is 2.63. The van der Waals surface area contributed by atoms with Crippen molar-refractivity contribution in [2.75, 3.05) is 0 Å². The molecule has 0 fully saturated rings. The molecule has 7 heteroatoms. The Morgan fingerprint density at radius 1 is 1.22 bits per heavy atom. The SMILES string of the molecule is Cn1c(Cl)cnc1Oc1ccc(C(F)(F)F)cc1. The van der Waals surface area contributed by atoms with Crippen molar-refractivity contribution in [1.29, 1.82) is 0 Å². The predicted octanol–water partition coefficient (Wildman–Crippen LogP) is 3.88. The van der Waals surface area contributed by atoms with Crippen LogP contribution in [0.4, 0.5) is 13.2 Å². The number of halogens is 4. The van der Waals surface area contributed by atoms with E-state index in [2.05, 4.69) is 4.98 Å². The molecule has 0 spiro atoms. The summed E-state index contributed by atoms with van der Waals surface area (Å²) in [5.74, 6) is 0.258. The molecule has 96 valence electrons. The maximum absolute atomic E-state index is 12.3. The van der Waals surface area contributed by atoms with Crippen LogP contribution in [-0.4, -0.2) is 9.55 Å². The van der Waals surface area contributed by atoms with Crippen LogP contribution in [0.3, 0.4) is 0 Å². The lowest BCUT2D eigenvalue weighted by molar-refractivity contribution is -0.137. The van der Waals surface area contributed by atoms with Gasteiger partial charge in [0.1, 0.15) is 10.9 Å². The van der Waals surface area contributed by atoms with Gasteiger partial charge in [0.05, 0.1) is 11.8 Å². The lowest BCUT2D eigenvalue weighted by Gasteiger charge is -2.08. The zero-order valence-electron chi connectivity index (χ0n) is 9.20. The number of hydrogen-bond acceptors (Lipinski definition) is 2. The van der Waals surface area contributed by atoms with Crippen LogP contribution < -0.4 is 4.74 Å². The van der Waals surface area contributed by atoms with Crippen molar-refractivity contribution in [3.8, 4) is 11.8 Å². The molecule has 1 heterocycles. The first-order chi connectivity index (χ1) is 8.38. The Morgan fingerprint density at radius 2 is 1.83 bits per heavy atom. The van der Waals surface area contributed by atoms with Crippen molar-refractivity contribution < 1.29 is 17.9 Å². The Bertz CT molecular complexity index is 548. The van der Waals surface area contributed by atoms with E-state index in [1.807, 2.05) is 0 Å². The molecule has 0 amide bonds. The van der Waals surface area contributed by atoms with Gasteiger partial charge in [-0.15, -0.1) is 0 Å². The van der Waals surface area contributed by atoms with Gasteiger partial charge in [-0.25, -0.2) is 4.98 Å². The van der Waals surface area contributed by atoms with Gasteiger partial charge in [0.25, 0.3) is 0 Å². The van der Waals surface area contributed by atoms with Gasteiger partial charge in [-0.2, -0.15) is 13.2 Å². The number of alkyl halides is 3. The van der Waals surface area contributed by atoms with E-state index in [1.165, 1.54) is 22.9 Å². The predicted molar refractivity (Wildman–Crippen MR) is 59.7 cm³/mol. The Labute approximate surface area is 106 Å². The topological polar surface area (TPSA) is 27.1 Å². The average Bonchev–Trinajstić information content (AvgIpc) is 2.61. The lowest BCUT2D eigenvalue weighted by Crippen LogP contribution is -2.04. The Hall–Kier alpha value is -1.69. The number of hydrogen-bond donors (Lipinski definition) is 0. The molecule has 1 aromatic heterocycles. The third-order valence-electron chi connectivity index (χ3n) is 2.28. The zero-order valence-corrected chi connectivity index (χ0v) is 9.96. The minimum atomic E-state index is -4.36. The zero-order chi connectivity index (χ0) is 13.3. The van der Waals surface area contributed by atoms with E-state index in [4.69, 9.17) is 16.3 Å². The maximum Gasteiger partial charge on any atom is 0.416 e. The molecule has 0 bridgehead atoms. The first kappa shape index (κ1) is 12.8. The van der Waals surface area contributed by atoms with Crippen molar-refractivity contribution in [1.82, 2.24) is 9.55 Å². The highest BCUT2D eigenvalue weighted by Crippen LogP contribution is 2.31. The monoisotopic (exact) mass is 276 g/mol. The fraction of sp³-hybridized carbons (Fsp3) is 0.182. The number of benzene rings is 1. The molecule has 1 aromatic carbocycles. The molecule has 0 atom stereocenters. The molecule has 0 radical (unpaired) electrons. The van der Waals surface area contributed by atoms with Crippen LogP contribution in [-0.2, 0) is 13.2 Å². The minimum Gasteiger partial charge on any atom is -0.426 e. The van der Waals surface area contributed by atoms with Gasteiger partial charge in [0.15, 0.2) is 0 Å². The minimum absolute atomic E-state index is 0.208. The van der Waals surface area contributed by atoms with Crippen molar-refractivity contribution >= 4 is 11.6 Å². The third kappa shape index (κ3) is 2.59. The second-order valence-electron chi connectivity index (χ2n) is 3.55. The molecule has 0 unspecified atom stereocenters. The standard InChI is InChI=1S/C11H8ClF3N2O/c1-17-9(12)6-16-10(17)18-8-4-2-7(3-5-8)11(13,14)15/h2-6H,1H3. The van der Waals surface area contributed by atoms with Gasteiger partial charge in [0, 0.05) is 7.05 Å². The summed E-state index contributed by atoms with van der Waals surface area (Å²) in [6, 6.07) is 4.55. The number of aromatic nitrogens is 2. The lowest BCUT2D eigenvalue weighted by atomic mass is 10.2. The normalized spacial score (nSPS) is 11.6. The molecule has 0 aliphatic heterocycles. The number of rotatable bonds is 2. The van der Waals surface area contributed by atoms with Crippen LogP contribution in [0.25, 0.3) is 0 Å². The van der Waals surface area contributed by atoms with Gasteiger partial charge in [-0.3, -0.25) is 4.57 Å². The average molecular weight is 277 g/mol. The van der Waals surface area contributed by atoms with Crippen LogP contribution in [0, 0.1) is 0 Å². The van der Waals surface area contributed by atoms with Crippen molar-refractivity contribution in [2.45, 2.75) is 6.18 Å². The highest BCUT2D eigenvalue weighted by molar-refractivity contribution is 6.29. The Balaban J connectivity index is 2.19. The van der Waals surface area contributed by atoms with Crippen LogP contribution >= 0.6 is 11.6 Å². The molecule has 0 aliphatic carbocycles. The molecule has 2 rings (SSSR count). The van der Waals surface area contributed by atoms with E-state index in [0.29, 0.717) is 5.15 Å². The largest absolute Gasteiger partial charge is 0.426 e. The molecular formula is C11H8ClF3N2O. The fourth-order valence-corrected chi connectivity index (χ4v) is 1.41. The Kier molecular flexibility index (Phi) is 3.21. The smallest absolute Gasteiger partial charge is 0.416 e. The summed E-state index contributed by atoms with van der Waals surface area (Å²) < 4.78 is 43.8. The molecule has 18 heavy (non-hydrogen) atoms. The van der Waals surface area contributed by atoms with E-state index in [-0.39, 0.29) is 11.8 Å². The van der Waals surface area contributed by atoms with E-state index < -0.39 is 11.7 Å². The van der Waals surface area contributed by atoms with E-state index in [0.717, 1.165) is 12.1 Å². The van der Waals surface area contributed by atoms with E-state index in [9.17, 15) is 13.2 Å². The highest BCUT2D eigenvalue weighted by Gasteiger charge is 2.30. The van der Waals surface area contributed by atoms with Gasteiger partial charge in [0.2, 0.25) is 0 Å². The molecule has 0 saturated heterocycles. The quantitative estimate of drug-likeness (QED) is 0.832. The van der Waals surface area contributed by atoms with Gasteiger partial charge in [-0.1, -0.05) is 11.6 Å². The van der Waals surface area contributed by atoms with Crippen LogP contribution in [0.1, 0.15) is 5.56 Å². The molecule has 0 saturated carbocycles.